The Bertz CT molecular complexity index is 317. The monoisotopic (exact) mass is 237 g/mol. The Hall–Kier alpha value is -1.01. The highest BCUT2D eigenvalue weighted by molar-refractivity contribution is 5.76. The average Bonchev–Trinajstić information content (AvgIpc) is 2.14. The van der Waals surface area contributed by atoms with Crippen LogP contribution in [0.2, 0.25) is 0 Å². The zero-order valence-corrected chi connectivity index (χ0v) is 11.0. The predicted octanol–water partition coefficient (Wildman–Crippen LogP) is 2.09. The third-order valence-corrected chi connectivity index (χ3v) is 3.27. The molecule has 0 aliphatic heterocycles. The maximum Gasteiger partial charge on any atom is 0.324 e. The van der Waals surface area contributed by atoms with Crippen LogP contribution in [0.15, 0.2) is 0 Å². The minimum absolute atomic E-state index is 0.00919. The van der Waals surface area contributed by atoms with Gasteiger partial charge in [0.1, 0.15) is 12.1 Å². The van der Waals surface area contributed by atoms with E-state index in [1.54, 1.807) is 0 Å². The molecule has 3 heteroatoms. The van der Waals surface area contributed by atoms with Crippen molar-refractivity contribution in [3.05, 3.63) is 0 Å². The normalized spacial score (nSPS) is 29.1. The van der Waals surface area contributed by atoms with Crippen molar-refractivity contribution in [1.29, 1.82) is 0 Å². The molecule has 0 radical (unpaired) electrons. The molecule has 3 nitrogen and oxygen atoms in total. The second-order valence-corrected chi connectivity index (χ2v) is 5.99. The number of carbonyl (C=O) groups is 1. The van der Waals surface area contributed by atoms with Crippen molar-refractivity contribution in [2.45, 2.75) is 58.6 Å². The topological polar surface area (TPSA) is 52.3 Å². The molecule has 1 aliphatic rings. The Kier molecular flexibility index (Phi) is 4.59. The first-order valence-corrected chi connectivity index (χ1v) is 6.23. The van der Waals surface area contributed by atoms with Crippen molar-refractivity contribution in [2.24, 2.45) is 17.1 Å². The summed E-state index contributed by atoms with van der Waals surface area (Å²) in [6, 6.07) is -0.680. The van der Waals surface area contributed by atoms with Crippen LogP contribution in [0.4, 0.5) is 0 Å². The van der Waals surface area contributed by atoms with Gasteiger partial charge in [0.05, 0.1) is 0 Å². The smallest absolute Gasteiger partial charge is 0.324 e. The molecule has 2 N–H and O–H groups in total. The van der Waals surface area contributed by atoms with Gasteiger partial charge in [0.2, 0.25) is 0 Å². The number of hydrogen-bond acceptors (Lipinski definition) is 3. The third-order valence-electron chi connectivity index (χ3n) is 3.27. The van der Waals surface area contributed by atoms with Crippen LogP contribution in [0.3, 0.4) is 0 Å². The SMILES string of the molecule is C#CCC(N)C(=O)OC1CC(C)CC(C)(C)C1. The van der Waals surface area contributed by atoms with Crippen LogP contribution >= 0.6 is 0 Å². The van der Waals surface area contributed by atoms with E-state index in [9.17, 15) is 4.79 Å². The van der Waals surface area contributed by atoms with E-state index >= 15 is 0 Å². The van der Waals surface area contributed by atoms with Gasteiger partial charge in [-0.2, -0.15) is 0 Å². The second-order valence-electron chi connectivity index (χ2n) is 5.99. The number of carbonyl (C=O) groups excluding carboxylic acids is 1. The van der Waals surface area contributed by atoms with Gasteiger partial charge in [0.25, 0.3) is 0 Å². The first kappa shape index (κ1) is 14.1. The summed E-state index contributed by atoms with van der Waals surface area (Å²) in [5.41, 5.74) is 5.87. The molecule has 1 saturated carbocycles. The summed E-state index contributed by atoms with van der Waals surface area (Å²) in [5, 5.41) is 0. The maximum absolute atomic E-state index is 11.7. The van der Waals surface area contributed by atoms with Gasteiger partial charge in [-0.05, 0) is 30.6 Å². The molecule has 0 heterocycles. The summed E-state index contributed by atoms with van der Waals surface area (Å²) in [5.74, 6) is 2.61. The Labute approximate surface area is 104 Å². The van der Waals surface area contributed by atoms with E-state index in [0.717, 1.165) is 12.8 Å². The van der Waals surface area contributed by atoms with Gasteiger partial charge in [-0.1, -0.05) is 20.8 Å². The molecule has 0 saturated heterocycles. The second kappa shape index (κ2) is 5.55. The summed E-state index contributed by atoms with van der Waals surface area (Å²) in [6.07, 6.45) is 8.37. The summed E-state index contributed by atoms with van der Waals surface area (Å²) >= 11 is 0. The molecule has 96 valence electrons. The first-order chi connectivity index (χ1) is 7.84. The van der Waals surface area contributed by atoms with E-state index in [4.69, 9.17) is 16.9 Å². The van der Waals surface area contributed by atoms with Gasteiger partial charge in [-0.15, -0.1) is 12.3 Å². The number of nitrogens with two attached hydrogens (primary N) is 1. The lowest BCUT2D eigenvalue weighted by Gasteiger charge is -2.38. The van der Waals surface area contributed by atoms with Crippen LogP contribution in [0.25, 0.3) is 0 Å². The number of terminal acetylenes is 1. The van der Waals surface area contributed by atoms with Crippen LogP contribution in [0, 0.1) is 23.7 Å². The molecule has 3 atom stereocenters. The summed E-state index contributed by atoms with van der Waals surface area (Å²) in [6.45, 7) is 6.62. The summed E-state index contributed by atoms with van der Waals surface area (Å²) < 4.78 is 5.45. The molecular formula is C14H23NO2. The maximum atomic E-state index is 11.7. The molecule has 1 aliphatic carbocycles. The molecule has 1 rings (SSSR count). The van der Waals surface area contributed by atoms with E-state index in [1.165, 1.54) is 6.42 Å². The Morgan fingerprint density at radius 3 is 2.76 bits per heavy atom. The minimum Gasteiger partial charge on any atom is -0.461 e. The summed E-state index contributed by atoms with van der Waals surface area (Å²) in [7, 11) is 0. The van der Waals surface area contributed by atoms with Crippen LogP contribution in [0.5, 0.6) is 0 Å². The fraction of sp³-hybridized carbons (Fsp3) is 0.786. The quantitative estimate of drug-likeness (QED) is 0.604. The summed E-state index contributed by atoms with van der Waals surface area (Å²) in [4.78, 5) is 11.7. The Morgan fingerprint density at radius 2 is 2.24 bits per heavy atom. The zero-order chi connectivity index (χ0) is 13.1. The van der Waals surface area contributed by atoms with Gasteiger partial charge >= 0.3 is 5.97 Å². The molecule has 0 amide bonds. The highest BCUT2D eigenvalue weighted by Gasteiger charge is 2.34. The molecular weight excluding hydrogens is 214 g/mol. The van der Waals surface area contributed by atoms with Crippen molar-refractivity contribution in [1.82, 2.24) is 0 Å². The molecule has 1 fully saturated rings. The molecule has 0 spiro atoms. The number of rotatable bonds is 3. The lowest BCUT2D eigenvalue weighted by molar-refractivity contribution is -0.154. The lowest BCUT2D eigenvalue weighted by Crippen LogP contribution is -2.39. The molecule has 0 aromatic carbocycles. The van der Waals surface area contributed by atoms with E-state index in [0.29, 0.717) is 5.92 Å². The van der Waals surface area contributed by atoms with Crippen molar-refractivity contribution < 1.29 is 9.53 Å². The minimum atomic E-state index is -0.680. The van der Waals surface area contributed by atoms with Gasteiger partial charge < -0.3 is 10.5 Å². The third kappa shape index (κ3) is 4.40. The van der Waals surface area contributed by atoms with E-state index in [1.807, 2.05) is 0 Å². The van der Waals surface area contributed by atoms with Gasteiger partial charge in [0.15, 0.2) is 0 Å². The number of hydrogen-bond donors (Lipinski definition) is 1. The van der Waals surface area contributed by atoms with E-state index in [2.05, 4.69) is 26.7 Å². The number of ether oxygens (including phenoxy) is 1. The Morgan fingerprint density at radius 1 is 1.59 bits per heavy atom. The van der Waals surface area contributed by atoms with E-state index in [-0.39, 0.29) is 23.9 Å². The van der Waals surface area contributed by atoms with Crippen LogP contribution < -0.4 is 5.73 Å². The molecule has 3 unspecified atom stereocenters. The largest absolute Gasteiger partial charge is 0.461 e. The molecule has 0 bridgehead atoms. The van der Waals surface area contributed by atoms with Crippen LogP contribution in [-0.2, 0) is 9.53 Å². The number of esters is 1. The first-order valence-electron chi connectivity index (χ1n) is 6.23. The molecule has 0 aromatic rings. The molecule has 17 heavy (non-hydrogen) atoms. The fourth-order valence-electron chi connectivity index (χ4n) is 2.81. The van der Waals surface area contributed by atoms with Crippen LogP contribution in [-0.4, -0.2) is 18.1 Å². The highest BCUT2D eigenvalue weighted by atomic mass is 16.5. The average molecular weight is 237 g/mol. The zero-order valence-electron chi connectivity index (χ0n) is 11.0. The fourth-order valence-corrected chi connectivity index (χ4v) is 2.81. The highest BCUT2D eigenvalue weighted by Crippen LogP contribution is 2.39. The van der Waals surface area contributed by atoms with E-state index < -0.39 is 6.04 Å². The predicted molar refractivity (Wildman–Crippen MR) is 68.1 cm³/mol. The van der Waals surface area contributed by atoms with Crippen molar-refractivity contribution in [2.75, 3.05) is 0 Å². The van der Waals surface area contributed by atoms with Crippen molar-refractivity contribution >= 4 is 5.97 Å². The Balaban J connectivity index is 2.51. The standard InChI is InChI=1S/C14H23NO2/c1-5-6-12(15)13(16)17-11-7-10(2)8-14(3,4)9-11/h1,10-12H,6-9,15H2,2-4H3. The molecule has 0 aromatic heterocycles. The van der Waals surface area contributed by atoms with Gasteiger partial charge in [0, 0.05) is 6.42 Å². The van der Waals surface area contributed by atoms with Crippen molar-refractivity contribution in [3.63, 3.8) is 0 Å². The van der Waals surface area contributed by atoms with Gasteiger partial charge in [-0.3, -0.25) is 4.79 Å². The van der Waals surface area contributed by atoms with Crippen molar-refractivity contribution in [3.8, 4) is 12.3 Å². The lowest BCUT2D eigenvalue weighted by atomic mass is 9.71. The van der Waals surface area contributed by atoms with Crippen LogP contribution in [0.1, 0.15) is 46.5 Å². The van der Waals surface area contributed by atoms with Gasteiger partial charge in [-0.25, -0.2) is 0 Å².